The van der Waals surface area contributed by atoms with Crippen molar-refractivity contribution in [3.8, 4) is 0 Å². The molecule has 8 heteroatoms. The zero-order valence-corrected chi connectivity index (χ0v) is 18.7. The maximum Gasteiger partial charge on any atom is 0.290 e. The normalized spacial score (nSPS) is 18.4. The lowest BCUT2D eigenvalue weighted by molar-refractivity contribution is 0.0634. The molecule has 6 nitrogen and oxygen atoms in total. The second-order valence-corrected chi connectivity index (χ2v) is 10.4. The van der Waals surface area contributed by atoms with Crippen molar-refractivity contribution in [2.75, 3.05) is 11.5 Å². The van der Waals surface area contributed by atoms with Crippen molar-refractivity contribution in [2.24, 2.45) is 0 Å². The molecule has 0 radical (unpaired) electrons. The minimum Gasteiger partial charge on any atom is -0.452 e. The second kappa shape index (κ2) is 7.65. The fourth-order valence-corrected chi connectivity index (χ4v) is 5.89. The van der Waals surface area contributed by atoms with E-state index in [1.807, 2.05) is 25.1 Å². The predicted molar refractivity (Wildman–Crippen MR) is 114 cm³/mol. The van der Waals surface area contributed by atoms with Gasteiger partial charge in [0.1, 0.15) is 11.3 Å². The van der Waals surface area contributed by atoms with Crippen molar-refractivity contribution in [3.05, 3.63) is 57.6 Å². The molecule has 0 N–H and O–H groups in total. The number of hydrogen-bond donors (Lipinski definition) is 0. The molecule has 1 unspecified atom stereocenters. The van der Waals surface area contributed by atoms with Gasteiger partial charge >= 0.3 is 0 Å². The number of halogens is 1. The Morgan fingerprint density at radius 2 is 2.03 bits per heavy atom. The largest absolute Gasteiger partial charge is 0.452 e. The third-order valence-electron chi connectivity index (χ3n) is 5.47. The Hall–Kier alpha value is -2.06. The lowest BCUT2D eigenvalue weighted by atomic mass is 10.1. The molecule has 154 valence electrons. The predicted octanol–water partition coefficient (Wildman–Crippen LogP) is 4.49. The van der Waals surface area contributed by atoms with Crippen LogP contribution in [0.4, 0.5) is 0 Å². The van der Waals surface area contributed by atoms with Crippen LogP contribution in [-0.4, -0.2) is 36.8 Å². The Morgan fingerprint density at radius 3 is 2.66 bits per heavy atom. The highest BCUT2D eigenvalue weighted by molar-refractivity contribution is 9.10. The number of furan rings is 2. The zero-order chi connectivity index (χ0) is 20.8. The molecule has 2 aromatic heterocycles. The molecule has 0 spiro atoms. The molecule has 1 aliphatic heterocycles. The van der Waals surface area contributed by atoms with E-state index >= 15 is 0 Å². The van der Waals surface area contributed by atoms with Crippen LogP contribution < -0.4 is 0 Å². The Labute approximate surface area is 177 Å². The molecule has 1 amide bonds. The van der Waals surface area contributed by atoms with Gasteiger partial charge in [0.05, 0.1) is 18.1 Å². The van der Waals surface area contributed by atoms with Gasteiger partial charge in [-0.2, -0.15) is 0 Å². The standard InChI is InChI=1S/C21H22BrNO5S/c1-3-14-4-6-18-17(10-14)13(2)20(28-18)21(24)23(11-16-5-7-19(22)27-16)15-8-9-29(25,26)12-15/h4-7,10,15H,3,8-9,11-12H2,1-2H3. The summed E-state index contributed by atoms with van der Waals surface area (Å²) in [4.78, 5) is 15.1. The van der Waals surface area contributed by atoms with Gasteiger partial charge in [-0.05, 0) is 65.5 Å². The van der Waals surface area contributed by atoms with Crippen LogP contribution in [0, 0.1) is 6.92 Å². The van der Waals surface area contributed by atoms with Crippen molar-refractivity contribution < 1.29 is 22.0 Å². The summed E-state index contributed by atoms with van der Waals surface area (Å²) in [7, 11) is -3.15. The molecule has 0 bridgehead atoms. The zero-order valence-electron chi connectivity index (χ0n) is 16.3. The molecule has 29 heavy (non-hydrogen) atoms. The number of hydrogen-bond acceptors (Lipinski definition) is 5. The molecule has 1 aromatic carbocycles. The van der Waals surface area contributed by atoms with E-state index in [2.05, 4.69) is 22.9 Å². The van der Waals surface area contributed by atoms with E-state index in [0.717, 1.165) is 17.4 Å². The van der Waals surface area contributed by atoms with E-state index in [4.69, 9.17) is 8.83 Å². The number of carbonyl (C=O) groups is 1. The first-order chi connectivity index (χ1) is 13.8. The van der Waals surface area contributed by atoms with Gasteiger partial charge in [0.25, 0.3) is 5.91 Å². The van der Waals surface area contributed by atoms with Crippen LogP contribution in [0.5, 0.6) is 0 Å². The first kappa shape index (κ1) is 20.2. The Morgan fingerprint density at radius 1 is 1.24 bits per heavy atom. The van der Waals surface area contributed by atoms with Crippen molar-refractivity contribution in [2.45, 2.75) is 39.3 Å². The fraction of sp³-hybridized carbons (Fsp3) is 0.381. The van der Waals surface area contributed by atoms with Gasteiger partial charge in [-0.3, -0.25) is 4.79 Å². The molecule has 1 fully saturated rings. The molecular formula is C21H22BrNO5S. The number of nitrogens with zero attached hydrogens (tertiary/aromatic N) is 1. The molecule has 3 aromatic rings. The van der Waals surface area contributed by atoms with Crippen LogP contribution in [0.1, 0.15) is 40.8 Å². The van der Waals surface area contributed by atoms with Gasteiger partial charge < -0.3 is 13.7 Å². The van der Waals surface area contributed by atoms with E-state index in [1.54, 1.807) is 17.0 Å². The highest BCUT2D eigenvalue weighted by Gasteiger charge is 2.37. The highest BCUT2D eigenvalue weighted by atomic mass is 79.9. The number of fused-ring (bicyclic) bond motifs is 1. The van der Waals surface area contributed by atoms with Gasteiger partial charge in [0.15, 0.2) is 20.3 Å². The third-order valence-corrected chi connectivity index (χ3v) is 7.64. The number of benzene rings is 1. The van der Waals surface area contributed by atoms with E-state index in [0.29, 0.717) is 22.4 Å². The van der Waals surface area contributed by atoms with Crippen LogP contribution in [0.3, 0.4) is 0 Å². The summed E-state index contributed by atoms with van der Waals surface area (Å²) in [5.41, 5.74) is 2.59. The molecule has 0 saturated carbocycles. The summed E-state index contributed by atoms with van der Waals surface area (Å²) >= 11 is 3.27. The molecule has 1 aliphatic rings. The number of amides is 1. The summed E-state index contributed by atoms with van der Waals surface area (Å²) in [5, 5.41) is 0.910. The van der Waals surface area contributed by atoms with Crippen LogP contribution in [0.2, 0.25) is 0 Å². The van der Waals surface area contributed by atoms with Crippen LogP contribution in [0.25, 0.3) is 11.0 Å². The van der Waals surface area contributed by atoms with Crippen molar-refractivity contribution in [1.29, 1.82) is 0 Å². The first-order valence-corrected chi connectivity index (χ1v) is 12.2. The molecular weight excluding hydrogens is 458 g/mol. The fourth-order valence-electron chi connectivity index (χ4n) is 3.81. The quantitative estimate of drug-likeness (QED) is 0.538. The van der Waals surface area contributed by atoms with Gasteiger partial charge in [0, 0.05) is 17.0 Å². The number of carbonyl (C=O) groups excluding carboxylic acids is 1. The summed E-state index contributed by atoms with van der Waals surface area (Å²) in [6.07, 6.45) is 1.30. The maximum atomic E-state index is 13.5. The first-order valence-electron chi connectivity index (χ1n) is 9.55. The smallest absolute Gasteiger partial charge is 0.290 e. The molecule has 3 heterocycles. The Balaban J connectivity index is 1.72. The average Bonchev–Trinajstić information content (AvgIpc) is 3.36. The minimum absolute atomic E-state index is 0.0418. The number of rotatable bonds is 5. The van der Waals surface area contributed by atoms with Gasteiger partial charge in [-0.25, -0.2) is 8.42 Å². The highest BCUT2D eigenvalue weighted by Crippen LogP contribution is 2.30. The number of sulfone groups is 1. The lowest BCUT2D eigenvalue weighted by Crippen LogP contribution is -2.40. The molecule has 1 saturated heterocycles. The lowest BCUT2D eigenvalue weighted by Gasteiger charge is -2.26. The monoisotopic (exact) mass is 479 g/mol. The summed E-state index contributed by atoms with van der Waals surface area (Å²) in [6, 6.07) is 9.02. The minimum atomic E-state index is -3.15. The Bertz CT molecular complexity index is 1180. The Kier molecular flexibility index (Phi) is 5.33. The van der Waals surface area contributed by atoms with E-state index in [1.165, 1.54) is 5.56 Å². The SMILES string of the molecule is CCc1ccc2oc(C(=O)N(Cc3ccc(Br)o3)C3CCS(=O)(=O)C3)c(C)c2c1. The molecule has 1 atom stereocenters. The van der Waals surface area contributed by atoms with Gasteiger partial charge in [-0.15, -0.1) is 0 Å². The van der Waals surface area contributed by atoms with Crippen LogP contribution in [0.15, 0.2) is 43.8 Å². The van der Waals surface area contributed by atoms with Gasteiger partial charge in [-0.1, -0.05) is 13.0 Å². The van der Waals surface area contributed by atoms with Crippen molar-refractivity contribution in [1.82, 2.24) is 4.90 Å². The van der Waals surface area contributed by atoms with Crippen molar-refractivity contribution in [3.63, 3.8) is 0 Å². The molecule has 0 aliphatic carbocycles. The van der Waals surface area contributed by atoms with Crippen molar-refractivity contribution >= 4 is 42.6 Å². The van der Waals surface area contributed by atoms with E-state index in [-0.39, 0.29) is 29.7 Å². The molecule has 4 rings (SSSR count). The topological polar surface area (TPSA) is 80.7 Å². The third kappa shape index (κ3) is 4.00. The van der Waals surface area contributed by atoms with E-state index < -0.39 is 15.9 Å². The van der Waals surface area contributed by atoms with Crippen LogP contribution in [-0.2, 0) is 22.8 Å². The summed E-state index contributed by atoms with van der Waals surface area (Å²) in [6.45, 7) is 4.12. The second-order valence-electron chi connectivity index (χ2n) is 7.44. The average molecular weight is 480 g/mol. The van der Waals surface area contributed by atoms with Crippen LogP contribution >= 0.6 is 15.9 Å². The maximum absolute atomic E-state index is 13.5. The number of aryl methyl sites for hydroxylation is 2. The summed E-state index contributed by atoms with van der Waals surface area (Å²) < 4.78 is 36.1. The van der Waals surface area contributed by atoms with Gasteiger partial charge in [0.2, 0.25) is 0 Å². The van der Waals surface area contributed by atoms with E-state index in [9.17, 15) is 13.2 Å². The summed E-state index contributed by atoms with van der Waals surface area (Å²) in [5.74, 6) is 0.563.